The lowest BCUT2D eigenvalue weighted by Crippen LogP contribution is -2.29. The van der Waals surface area contributed by atoms with Crippen molar-refractivity contribution in [3.8, 4) is 0 Å². The molecule has 0 saturated carbocycles. The fourth-order valence-electron chi connectivity index (χ4n) is 3.20. The van der Waals surface area contributed by atoms with Crippen molar-refractivity contribution in [2.45, 2.75) is 57.9 Å². The van der Waals surface area contributed by atoms with E-state index in [1.807, 2.05) is 6.07 Å². The van der Waals surface area contributed by atoms with Gasteiger partial charge in [-0.1, -0.05) is 69.6 Å². The van der Waals surface area contributed by atoms with Crippen LogP contribution in [0.1, 0.15) is 5.56 Å². The smallest absolute Gasteiger partial charge is 0.250 e. The molecule has 0 bridgehead atoms. The maximum atomic E-state index is 13.0. The standard InChI is InChI=1S/C19H31NOSi2/c1-22(2,3)14-17-13-20(12-16-10-8-7-9-11-16)19(21)18(17)15-23(4,5)6/h7-11H,12-15H2,1-6H3. The van der Waals surface area contributed by atoms with Gasteiger partial charge in [0.2, 0.25) is 5.91 Å². The Morgan fingerprint density at radius 1 is 0.913 bits per heavy atom. The summed E-state index contributed by atoms with van der Waals surface area (Å²) in [4.78, 5) is 15.0. The van der Waals surface area contributed by atoms with Crippen molar-refractivity contribution in [2.24, 2.45) is 0 Å². The van der Waals surface area contributed by atoms with Crippen LogP contribution >= 0.6 is 0 Å². The number of carbonyl (C=O) groups excluding carboxylic acids is 1. The summed E-state index contributed by atoms with van der Waals surface area (Å²) in [7, 11) is -2.50. The third-order valence-electron chi connectivity index (χ3n) is 4.02. The van der Waals surface area contributed by atoms with Crippen LogP contribution in [-0.2, 0) is 11.3 Å². The lowest BCUT2D eigenvalue weighted by atomic mass is 10.2. The van der Waals surface area contributed by atoms with Crippen molar-refractivity contribution < 1.29 is 4.79 Å². The zero-order valence-corrected chi connectivity index (χ0v) is 17.6. The van der Waals surface area contributed by atoms with E-state index in [1.165, 1.54) is 11.1 Å². The number of hydrogen-bond donors (Lipinski definition) is 0. The topological polar surface area (TPSA) is 20.3 Å². The van der Waals surface area contributed by atoms with Gasteiger partial charge in [0.05, 0.1) is 0 Å². The van der Waals surface area contributed by atoms with Gasteiger partial charge in [0.25, 0.3) is 0 Å². The molecule has 0 unspecified atom stereocenters. The largest absolute Gasteiger partial charge is 0.331 e. The van der Waals surface area contributed by atoms with Crippen molar-refractivity contribution in [3.63, 3.8) is 0 Å². The molecule has 23 heavy (non-hydrogen) atoms. The third-order valence-corrected chi connectivity index (χ3v) is 6.92. The Morgan fingerprint density at radius 2 is 1.48 bits per heavy atom. The number of nitrogens with zero attached hydrogens (tertiary/aromatic N) is 1. The maximum Gasteiger partial charge on any atom is 0.250 e. The highest BCUT2D eigenvalue weighted by atomic mass is 28.3. The van der Waals surface area contributed by atoms with E-state index in [-0.39, 0.29) is 0 Å². The second-order valence-corrected chi connectivity index (χ2v) is 20.2. The molecule has 2 nitrogen and oxygen atoms in total. The molecule has 4 heteroatoms. The predicted octanol–water partition coefficient (Wildman–Crippen LogP) is 5.00. The number of amides is 1. The van der Waals surface area contributed by atoms with Gasteiger partial charge in [-0.3, -0.25) is 4.79 Å². The Bertz CT molecular complexity index is 594. The summed E-state index contributed by atoms with van der Waals surface area (Å²) in [6, 6.07) is 12.5. The molecular weight excluding hydrogens is 314 g/mol. The quantitative estimate of drug-likeness (QED) is 0.664. The molecule has 1 aromatic carbocycles. The summed E-state index contributed by atoms with van der Waals surface area (Å²) in [5.41, 5.74) is 3.82. The SMILES string of the molecule is C[Si](C)(C)CC1=C(C[Si](C)(C)C)C(=O)N(Cc2ccccc2)C1. The lowest BCUT2D eigenvalue weighted by Gasteiger charge is -2.20. The summed E-state index contributed by atoms with van der Waals surface area (Å²) in [6.07, 6.45) is 0. The van der Waals surface area contributed by atoms with Gasteiger partial charge in [-0.2, -0.15) is 0 Å². The first-order valence-corrected chi connectivity index (χ1v) is 16.0. The highest BCUT2D eigenvalue weighted by molar-refractivity contribution is 6.77. The molecule has 0 aromatic heterocycles. The molecule has 0 N–H and O–H groups in total. The summed E-state index contributed by atoms with van der Waals surface area (Å²) in [5, 5.41) is 0. The van der Waals surface area contributed by atoms with Gasteiger partial charge < -0.3 is 4.90 Å². The Balaban J connectivity index is 2.21. The normalized spacial score (nSPS) is 16.4. The average Bonchev–Trinajstić information content (AvgIpc) is 2.65. The van der Waals surface area contributed by atoms with Crippen molar-refractivity contribution in [2.75, 3.05) is 6.54 Å². The van der Waals surface area contributed by atoms with Gasteiger partial charge in [0.15, 0.2) is 0 Å². The second kappa shape index (κ2) is 6.77. The van der Waals surface area contributed by atoms with Gasteiger partial charge in [0.1, 0.15) is 0 Å². The number of hydrogen-bond acceptors (Lipinski definition) is 1. The Morgan fingerprint density at radius 3 is 2.00 bits per heavy atom. The monoisotopic (exact) mass is 345 g/mol. The van der Waals surface area contributed by atoms with Crippen LogP contribution in [0.3, 0.4) is 0 Å². The summed E-state index contributed by atoms with van der Waals surface area (Å²) < 4.78 is 0. The molecule has 1 aliphatic rings. The molecule has 1 aliphatic heterocycles. The van der Waals surface area contributed by atoms with Crippen LogP contribution in [0, 0.1) is 0 Å². The minimum Gasteiger partial charge on any atom is -0.331 e. The third kappa shape index (κ3) is 5.46. The fourth-order valence-corrected chi connectivity index (χ4v) is 6.27. The summed E-state index contributed by atoms with van der Waals surface area (Å²) in [6.45, 7) is 15.9. The Kier molecular flexibility index (Phi) is 5.36. The first kappa shape index (κ1) is 18.2. The molecule has 1 aromatic rings. The molecule has 0 saturated heterocycles. The molecule has 1 amide bonds. The highest BCUT2D eigenvalue weighted by Crippen LogP contribution is 2.32. The van der Waals surface area contributed by atoms with Crippen LogP contribution in [0.15, 0.2) is 41.5 Å². The molecule has 0 atom stereocenters. The number of benzene rings is 1. The first-order chi connectivity index (χ1) is 10.6. The zero-order chi connectivity index (χ0) is 17.3. The van der Waals surface area contributed by atoms with E-state index in [0.717, 1.165) is 30.8 Å². The Hall–Kier alpha value is -1.14. The van der Waals surface area contributed by atoms with Crippen LogP contribution < -0.4 is 0 Å². The van der Waals surface area contributed by atoms with E-state index in [2.05, 4.69) is 68.4 Å². The van der Waals surface area contributed by atoms with Crippen molar-refractivity contribution >= 4 is 22.1 Å². The minimum atomic E-state index is -1.29. The van der Waals surface area contributed by atoms with Crippen LogP contribution in [0.2, 0.25) is 51.4 Å². The van der Waals surface area contributed by atoms with Crippen molar-refractivity contribution in [3.05, 3.63) is 47.0 Å². The van der Waals surface area contributed by atoms with Crippen molar-refractivity contribution in [1.82, 2.24) is 4.90 Å². The molecular formula is C19H31NOSi2. The lowest BCUT2D eigenvalue weighted by molar-refractivity contribution is -0.125. The summed E-state index contributed by atoms with van der Waals surface area (Å²) >= 11 is 0. The fraction of sp³-hybridized carbons (Fsp3) is 0.526. The van der Waals surface area contributed by atoms with E-state index in [9.17, 15) is 4.79 Å². The number of carbonyl (C=O) groups is 1. The first-order valence-electron chi connectivity index (χ1n) is 8.59. The number of rotatable bonds is 6. The predicted molar refractivity (Wildman–Crippen MR) is 105 cm³/mol. The van der Waals surface area contributed by atoms with Crippen LogP contribution in [0.5, 0.6) is 0 Å². The molecule has 0 spiro atoms. The van der Waals surface area contributed by atoms with Gasteiger partial charge in [-0.15, -0.1) is 0 Å². The van der Waals surface area contributed by atoms with Gasteiger partial charge in [-0.25, -0.2) is 0 Å². The van der Waals surface area contributed by atoms with E-state index in [1.54, 1.807) is 0 Å². The molecule has 0 radical (unpaired) electrons. The van der Waals surface area contributed by atoms with Crippen LogP contribution in [0.4, 0.5) is 0 Å². The zero-order valence-electron chi connectivity index (χ0n) is 15.6. The van der Waals surface area contributed by atoms with Gasteiger partial charge in [-0.05, 0) is 23.2 Å². The maximum absolute atomic E-state index is 13.0. The summed E-state index contributed by atoms with van der Waals surface area (Å²) in [5.74, 6) is 0.296. The molecule has 0 fully saturated rings. The van der Waals surface area contributed by atoms with E-state index in [0.29, 0.717) is 5.91 Å². The molecule has 126 valence electrons. The van der Waals surface area contributed by atoms with Crippen LogP contribution in [-0.4, -0.2) is 33.5 Å². The van der Waals surface area contributed by atoms with E-state index in [4.69, 9.17) is 0 Å². The van der Waals surface area contributed by atoms with E-state index < -0.39 is 16.1 Å². The van der Waals surface area contributed by atoms with Crippen LogP contribution in [0.25, 0.3) is 0 Å². The average molecular weight is 346 g/mol. The second-order valence-electron chi connectivity index (χ2n) is 9.20. The minimum absolute atomic E-state index is 0.296. The van der Waals surface area contributed by atoms with Gasteiger partial charge in [0, 0.05) is 34.8 Å². The highest BCUT2D eigenvalue weighted by Gasteiger charge is 2.34. The van der Waals surface area contributed by atoms with E-state index >= 15 is 0 Å². The molecule has 2 rings (SSSR count). The van der Waals surface area contributed by atoms with Gasteiger partial charge >= 0.3 is 0 Å². The molecule has 0 aliphatic carbocycles. The molecule has 1 heterocycles. The Labute approximate surface area is 143 Å². The van der Waals surface area contributed by atoms with Crippen molar-refractivity contribution in [1.29, 1.82) is 0 Å².